The van der Waals surface area contributed by atoms with Crippen LogP contribution in [-0.4, -0.2) is 38.0 Å². The summed E-state index contributed by atoms with van der Waals surface area (Å²) in [6.45, 7) is 0.585. The van der Waals surface area contributed by atoms with Gasteiger partial charge in [-0.2, -0.15) is 26.3 Å². The van der Waals surface area contributed by atoms with Gasteiger partial charge in [-0.05, 0) is 18.1 Å². The van der Waals surface area contributed by atoms with Crippen molar-refractivity contribution in [1.29, 1.82) is 0 Å². The maximum absolute atomic E-state index is 12.2. The first-order chi connectivity index (χ1) is 12.1. The van der Waals surface area contributed by atoms with Crippen molar-refractivity contribution in [1.82, 2.24) is 10.6 Å². The molecule has 156 valence electrons. The van der Waals surface area contributed by atoms with Gasteiger partial charge in [0, 0.05) is 13.1 Å². The fraction of sp³-hybridized carbons (Fsp3) is 0.562. The molecule has 2 N–H and O–H groups in total. The van der Waals surface area contributed by atoms with Gasteiger partial charge < -0.3 is 15.4 Å². The number of halogens is 7. The molecule has 1 aromatic rings. The first-order valence-electron chi connectivity index (χ1n) is 7.90. The van der Waals surface area contributed by atoms with Gasteiger partial charge in [0.25, 0.3) is 0 Å². The molecule has 0 saturated heterocycles. The van der Waals surface area contributed by atoms with Crippen molar-refractivity contribution in [3.8, 4) is 0 Å². The molecule has 0 aliphatic rings. The summed E-state index contributed by atoms with van der Waals surface area (Å²) in [5.74, 6) is 0.232. The van der Waals surface area contributed by atoms with Crippen LogP contribution in [0.2, 0.25) is 0 Å². The second kappa shape index (κ2) is 12.3. The molecule has 0 aromatic heterocycles. The van der Waals surface area contributed by atoms with E-state index >= 15 is 0 Å². The number of guanidine groups is 1. The lowest BCUT2D eigenvalue weighted by Crippen LogP contribution is -2.38. The van der Waals surface area contributed by atoms with E-state index in [0.29, 0.717) is 17.7 Å². The summed E-state index contributed by atoms with van der Waals surface area (Å²) in [5.41, 5.74) is 1.25. The van der Waals surface area contributed by atoms with E-state index in [9.17, 15) is 26.3 Å². The smallest absolute Gasteiger partial charge is 0.367 e. The number of hydrogen-bond acceptors (Lipinski definition) is 2. The van der Waals surface area contributed by atoms with Crippen LogP contribution in [0.3, 0.4) is 0 Å². The molecule has 0 radical (unpaired) electrons. The van der Waals surface area contributed by atoms with Gasteiger partial charge in [-0.1, -0.05) is 24.3 Å². The summed E-state index contributed by atoms with van der Waals surface area (Å²) in [7, 11) is 0. The maximum Gasteiger partial charge on any atom is 0.411 e. The van der Waals surface area contributed by atoms with Gasteiger partial charge in [0.05, 0.1) is 19.6 Å². The van der Waals surface area contributed by atoms with Crippen molar-refractivity contribution in [2.24, 2.45) is 4.99 Å². The van der Waals surface area contributed by atoms with Crippen LogP contribution in [0.4, 0.5) is 26.3 Å². The number of alkyl halides is 6. The zero-order valence-corrected chi connectivity index (χ0v) is 16.9. The fourth-order valence-corrected chi connectivity index (χ4v) is 1.94. The van der Waals surface area contributed by atoms with Crippen LogP contribution in [0.25, 0.3) is 0 Å². The average Bonchev–Trinajstić information content (AvgIpc) is 2.50. The van der Waals surface area contributed by atoms with Crippen LogP contribution in [-0.2, 0) is 17.9 Å². The molecule has 0 unspecified atom stereocenters. The highest BCUT2D eigenvalue weighted by Crippen LogP contribution is 2.18. The zero-order chi connectivity index (χ0) is 19.6. The van der Waals surface area contributed by atoms with E-state index in [1.54, 1.807) is 31.2 Å². The number of nitrogens with one attached hydrogen (secondary N) is 2. The highest BCUT2D eigenvalue weighted by Gasteiger charge is 2.27. The predicted octanol–water partition coefficient (Wildman–Crippen LogP) is 4.39. The first kappa shape index (κ1) is 25.8. The van der Waals surface area contributed by atoms with Crippen molar-refractivity contribution >= 4 is 29.9 Å². The lowest BCUT2D eigenvalue weighted by molar-refractivity contribution is -0.176. The molecule has 0 spiro atoms. The number of rotatable bonds is 8. The van der Waals surface area contributed by atoms with Gasteiger partial charge in [0.2, 0.25) is 0 Å². The Morgan fingerprint density at radius 1 is 1.04 bits per heavy atom. The number of hydrogen-bond donors (Lipinski definition) is 2. The van der Waals surface area contributed by atoms with Crippen molar-refractivity contribution in [3.05, 3.63) is 35.4 Å². The molecule has 4 nitrogen and oxygen atoms in total. The van der Waals surface area contributed by atoms with E-state index < -0.39 is 25.4 Å². The molecule has 1 rings (SSSR count). The van der Waals surface area contributed by atoms with Crippen LogP contribution < -0.4 is 10.6 Å². The minimum atomic E-state index is -4.38. The Morgan fingerprint density at radius 2 is 1.70 bits per heavy atom. The third-order valence-electron chi connectivity index (χ3n) is 2.99. The van der Waals surface area contributed by atoms with E-state index in [0.717, 1.165) is 0 Å². The Labute approximate surface area is 170 Å². The zero-order valence-electron chi connectivity index (χ0n) is 14.6. The second-order valence-electron chi connectivity index (χ2n) is 5.42. The number of benzene rings is 1. The second-order valence-corrected chi connectivity index (χ2v) is 5.42. The quantitative estimate of drug-likeness (QED) is 0.235. The lowest BCUT2D eigenvalue weighted by Gasteiger charge is -2.12. The Bertz CT molecular complexity index is 578. The van der Waals surface area contributed by atoms with E-state index in [4.69, 9.17) is 0 Å². The molecule has 0 saturated carbocycles. The molecule has 0 amide bonds. The van der Waals surface area contributed by atoms with E-state index in [-0.39, 0.29) is 49.6 Å². The van der Waals surface area contributed by atoms with Gasteiger partial charge in [-0.25, -0.2) is 4.99 Å². The lowest BCUT2D eigenvalue weighted by atomic mass is 10.1. The minimum Gasteiger partial charge on any atom is -0.367 e. The number of ether oxygens (including phenoxy) is 1. The molecule has 1 aromatic carbocycles. The molecule has 0 aliphatic carbocycles. The number of aliphatic imine (C=N–C) groups is 1. The van der Waals surface area contributed by atoms with Gasteiger partial charge in [0.15, 0.2) is 5.96 Å². The summed E-state index contributed by atoms with van der Waals surface area (Å²) in [5, 5.41) is 5.41. The normalized spacial score (nSPS) is 12.5. The van der Waals surface area contributed by atoms with Crippen LogP contribution in [0.15, 0.2) is 29.3 Å². The molecular weight excluding hydrogens is 491 g/mol. The SMILES string of the molecule is CCNC(=NCc1cccc(COCC(F)(F)F)c1)NCCC(F)(F)F.I. The number of nitrogens with zero attached hydrogens (tertiary/aromatic N) is 1. The van der Waals surface area contributed by atoms with Crippen molar-refractivity contribution in [2.45, 2.75) is 38.8 Å². The Kier molecular flexibility index (Phi) is 11.7. The molecule has 0 aliphatic heterocycles. The van der Waals surface area contributed by atoms with Crippen LogP contribution in [0.1, 0.15) is 24.5 Å². The van der Waals surface area contributed by atoms with Crippen molar-refractivity contribution in [2.75, 3.05) is 19.7 Å². The molecule has 11 heteroatoms. The molecule has 0 fully saturated rings. The third-order valence-corrected chi connectivity index (χ3v) is 2.99. The summed E-state index contributed by atoms with van der Waals surface area (Å²) in [6, 6.07) is 6.63. The average molecular weight is 513 g/mol. The van der Waals surface area contributed by atoms with Crippen LogP contribution in [0, 0.1) is 0 Å². The summed E-state index contributed by atoms with van der Waals surface area (Å²) in [4.78, 5) is 4.17. The van der Waals surface area contributed by atoms with E-state index in [2.05, 4.69) is 20.4 Å². The minimum absolute atomic E-state index is 0. The Balaban J connectivity index is 0.00000676. The highest BCUT2D eigenvalue weighted by atomic mass is 127. The van der Waals surface area contributed by atoms with Crippen molar-refractivity contribution in [3.63, 3.8) is 0 Å². The monoisotopic (exact) mass is 513 g/mol. The molecule has 27 heavy (non-hydrogen) atoms. The molecule has 0 atom stereocenters. The summed E-state index contributed by atoms with van der Waals surface area (Å²) < 4.78 is 77.3. The fourth-order valence-electron chi connectivity index (χ4n) is 1.94. The van der Waals surface area contributed by atoms with E-state index in [1.165, 1.54) is 0 Å². The largest absolute Gasteiger partial charge is 0.411 e. The van der Waals surface area contributed by atoms with Gasteiger partial charge in [0.1, 0.15) is 6.61 Å². The first-order valence-corrected chi connectivity index (χ1v) is 7.90. The topological polar surface area (TPSA) is 45.7 Å². The molecule has 0 bridgehead atoms. The van der Waals surface area contributed by atoms with E-state index in [1.807, 2.05) is 0 Å². The standard InChI is InChI=1S/C16H21F6N3O.HI/c1-2-23-14(24-7-6-15(17,18)19)25-9-12-4-3-5-13(8-12)10-26-11-16(20,21)22;/h3-5,8H,2,6-7,9-11H2,1H3,(H2,23,24,25);1H. The molecule has 0 heterocycles. The van der Waals surface area contributed by atoms with Crippen LogP contribution >= 0.6 is 24.0 Å². The Morgan fingerprint density at radius 3 is 2.30 bits per heavy atom. The Hall–Kier alpha value is -1.24. The molecular formula is C16H22F6IN3O. The van der Waals surface area contributed by atoms with Gasteiger partial charge in [-0.15, -0.1) is 24.0 Å². The predicted molar refractivity (Wildman–Crippen MR) is 101 cm³/mol. The third kappa shape index (κ3) is 13.6. The summed E-state index contributed by atoms with van der Waals surface area (Å²) in [6.07, 6.45) is -9.62. The maximum atomic E-state index is 12.2. The van der Waals surface area contributed by atoms with Crippen molar-refractivity contribution < 1.29 is 31.1 Å². The van der Waals surface area contributed by atoms with Crippen LogP contribution in [0.5, 0.6) is 0 Å². The van der Waals surface area contributed by atoms with Gasteiger partial charge in [-0.3, -0.25) is 0 Å². The highest BCUT2D eigenvalue weighted by molar-refractivity contribution is 14.0. The van der Waals surface area contributed by atoms with Gasteiger partial charge >= 0.3 is 12.4 Å². The summed E-state index contributed by atoms with van der Waals surface area (Å²) >= 11 is 0.